The molecule has 0 aliphatic rings. The highest BCUT2D eigenvalue weighted by Crippen LogP contribution is 2.27. The van der Waals surface area contributed by atoms with Crippen LogP contribution in [0, 0.1) is 6.92 Å². The highest BCUT2D eigenvalue weighted by atomic mass is 16.5. The van der Waals surface area contributed by atoms with Crippen LogP contribution in [0.15, 0.2) is 24.3 Å². The summed E-state index contributed by atoms with van der Waals surface area (Å²) in [6, 6.07) is 7.85. The fourth-order valence-electron chi connectivity index (χ4n) is 1.82. The van der Waals surface area contributed by atoms with E-state index < -0.39 is 5.54 Å². The number of aromatic nitrogens is 2. The smallest absolute Gasteiger partial charge is 0.126 e. The van der Waals surface area contributed by atoms with Crippen molar-refractivity contribution < 1.29 is 4.74 Å². The number of nitrogens with two attached hydrogens (primary N) is 1. The first-order valence-electron chi connectivity index (χ1n) is 5.92. The van der Waals surface area contributed by atoms with Crippen molar-refractivity contribution in [3.63, 3.8) is 0 Å². The quantitative estimate of drug-likeness (QED) is 0.873. The number of hydrogen-bond acceptors (Lipinski definition) is 3. The predicted octanol–water partition coefficient (Wildman–Crippen LogP) is 2.59. The van der Waals surface area contributed by atoms with Gasteiger partial charge in [0.1, 0.15) is 11.6 Å². The summed E-state index contributed by atoms with van der Waals surface area (Å²) in [6.45, 7) is 5.86. The standard InChI is InChI=1S/C14H19N3O/c1-9-12(17-13(16-9)14(2,3)15)10-6-5-7-11(8-10)18-4/h5-8H,15H2,1-4H3,(H,16,17). The van der Waals surface area contributed by atoms with Crippen molar-refractivity contribution in [1.29, 1.82) is 0 Å². The summed E-state index contributed by atoms with van der Waals surface area (Å²) in [6.07, 6.45) is 0. The van der Waals surface area contributed by atoms with Crippen molar-refractivity contribution in [1.82, 2.24) is 9.97 Å². The maximum Gasteiger partial charge on any atom is 0.126 e. The Morgan fingerprint density at radius 3 is 2.61 bits per heavy atom. The summed E-state index contributed by atoms with van der Waals surface area (Å²) in [4.78, 5) is 7.83. The van der Waals surface area contributed by atoms with Crippen molar-refractivity contribution in [2.75, 3.05) is 7.11 Å². The van der Waals surface area contributed by atoms with Crippen LogP contribution in [-0.4, -0.2) is 17.1 Å². The van der Waals surface area contributed by atoms with Gasteiger partial charge in [-0.2, -0.15) is 0 Å². The van der Waals surface area contributed by atoms with Crippen LogP contribution in [0.4, 0.5) is 0 Å². The molecule has 2 aromatic rings. The molecule has 0 spiro atoms. The molecule has 0 atom stereocenters. The number of hydrogen-bond donors (Lipinski definition) is 2. The zero-order chi connectivity index (χ0) is 13.3. The summed E-state index contributed by atoms with van der Waals surface area (Å²) in [7, 11) is 1.66. The summed E-state index contributed by atoms with van der Waals surface area (Å²) in [5, 5.41) is 0. The van der Waals surface area contributed by atoms with Gasteiger partial charge in [0.05, 0.1) is 18.3 Å². The van der Waals surface area contributed by atoms with Gasteiger partial charge in [-0.05, 0) is 32.9 Å². The van der Waals surface area contributed by atoms with Crippen molar-refractivity contribution in [2.45, 2.75) is 26.3 Å². The predicted molar refractivity (Wildman–Crippen MR) is 72.5 cm³/mol. The average Bonchev–Trinajstić information content (AvgIpc) is 2.71. The molecule has 18 heavy (non-hydrogen) atoms. The number of benzene rings is 1. The number of rotatable bonds is 3. The number of aryl methyl sites for hydroxylation is 1. The third kappa shape index (κ3) is 2.38. The molecule has 1 aromatic carbocycles. The highest BCUT2D eigenvalue weighted by Gasteiger charge is 2.20. The van der Waals surface area contributed by atoms with E-state index in [0.29, 0.717) is 0 Å². The normalized spacial score (nSPS) is 11.6. The Morgan fingerprint density at radius 1 is 1.33 bits per heavy atom. The lowest BCUT2D eigenvalue weighted by molar-refractivity contribution is 0.415. The van der Waals surface area contributed by atoms with E-state index in [2.05, 4.69) is 9.97 Å². The molecular formula is C14H19N3O. The second-order valence-electron chi connectivity index (χ2n) is 5.01. The number of ether oxygens (including phenoxy) is 1. The van der Waals surface area contributed by atoms with Gasteiger partial charge in [-0.3, -0.25) is 0 Å². The number of imidazole rings is 1. The third-order valence-electron chi connectivity index (χ3n) is 2.84. The topological polar surface area (TPSA) is 63.9 Å². The largest absolute Gasteiger partial charge is 0.497 e. The minimum Gasteiger partial charge on any atom is -0.497 e. The van der Waals surface area contributed by atoms with E-state index in [0.717, 1.165) is 28.5 Å². The van der Waals surface area contributed by atoms with Crippen LogP contribution in [0.5, 0.6) is 5.75 Å². The maximum absolute atomic E-state index is 6.05. The number of nitrogens with one attached hydrogen (secondary N) is 1. The van der Waals surface area contributed by atoms with Gasteiger partial charge in [-0.15, -0.1) is 0 Å². The van der Waals surface area contributed by atoms with Crippen LogP contribution >= 0.6 is 0 Å². The van der Waals surface area contributed by atoms with Gasteiger partial charge in [-0.25, -0.2) is 4.98 Å². The molecule has 0 aliphatic heterocycles. The molecule has 0 unspecified atom stereocenters. The number of aromatic amines is 1. The number of H-pyrrole nitrogens is 1. The van der Waals surface area contributed by atoms with Gasteiger partial charge < -0.3 is 15.5 Å². The van der Waals surface area contributed by atoms with E-state index in [9.17, 15) is 0 Å². The third-order valence-corrected chi connectivity index (χ3v) is 2.84. The summed E-state index contributed by atoms with van der Waals surface area (Å²) >= 11 is 0. The molecule has 0 saturated carbocycles. The van der Waals surface area contributed by atoms with E-state index in [1.807, 2.05) is 45.0 Å². The molecule has 2 rings (SSSR count). The molecular weight excluding hydrogens is 226 g/mol. The lowest BCUT2D eigenvalue weighted by atomic mass is 10.1. The van der Waals surface area contributed by atoms with Crippen LogP contribution in [-0.2, 0) is 5.54 Å². The minimum absolute atomic E-state index is 0.470. The van der Waals surface area contributed by atoms with Crippen molar-refractivity contribution >= 4 is 0 Å². The van der Waals surface area contributed by atoms with E-state index in [-0.39, 0.29) is 0 Å². The maximum atomic E-state index is 6.05. The second-order valence-corrected chi connectivity index (χ2v) is 5.01. The first-order valence-corrected chi connectivity index (χ1v) is 5.92. The first-order chi connectivity index (χ1) is 8.41. The minimum atomic E-state index is -0.470. The van der Waals surface area contributed by atoms with E-state index in [4.69, 9.17) is 10.5 Å². The van der Waals surface area contributed by atoms with Crippen LogP contribution in [0.2, 0.25) is 0 Å². The van der Waals surface area contributed by atoms with Crippen molar-refractivity contribution in [3.8, 4) is 17.0 Å². The Balaban J connectivity index is 2.47. The molecule has 1 aromatic heterocycles. The van der Waals surface area contributed by atoms with Gasteiger partial charge >= 0.3 is 0 Å². The van der Waals surface area contributed by atoms with Crippen LogP contribution in [0.1, 0.15) is 25.4 Å². The lowest BCUT2D eigenvalue weighted by Crippen LogP contribution is -2.30. The highest BCUT2D eigenvalue weighted by molar-refractivity contribution is 5.63. The first kappa shape index (κ1) is 12.6. The second kappa shape index (κ2) is 4.46. The van der Waals surface area contributed by atoms with Crippen LogP contribution in [0.25, 0.3) is 11.3 Å². The zero-order valence-electron chi connectivity index (χ0n) is 11.2. The molecule has 4 heteroatoms. The molecule has 0 bridgehead atoms. The molecule has 0 aliphatic carbocycles. The average molecular weight is 245 g/mol. The lowest BCUT2D eigenvalue weighted by Gasteiger charge is -2.14. The van der Waals surface area contributed by atoms with Crippen molar-refractivity contribution in [2.24, 2.45) is 5.73 Å². The number of methoxy groups -OCH3 is 1. The van der Waals surface area contributed by atoms with Crippen LogP contribution in [0.3, 0.4) is 0 Å². The fraction of sp³-hybridized carbons (Fsp3) is 0.357. The Hall–Kier alpha value is -1.81. The Bertz CT molecular complexity index is 552. The van der Waals surface area contributed by atoms with Crippen molar-refractivity contribution in [3.05, 3.63) is 35.8 Å². The molecule has 96 valence electrons. The molecule has 0 radical (unpaired) electrons. The summed E-state index contributed by atoms with van der Waals surface area (Å²) in [5.74, 6) is 1.61. The van der Waals surface area contributed by atoms with Gasteiger partial charge in [0.25, 0.3) is 0 Å². The molecule has 1 heterocycles. The van der Waals surface area contributed by atoms with Gasteiger partial charge in [-0.1, -0.05) is 12.1 Å². The molecule has 0 fully saturated rings. The Kier molecular flexibility index (Phi) is 3.13. The fourth-order valence-corrected chi connectivity index (χ4v) is 1.82. The molecule has 0 saturated heterocycles. The molecule has 4 nitrogen and oxygen atoms in total. The number of nitrogens with zero attached hydrogens (tertiary/aromatic N) is 1. The Morgan fingerprint density at radius 2 is 2.06 bits per heavy atom. The monoisotopic (exact) mass is 245 g/mol. The van der Waals surface area contributed by atoms with Gasteiger partial charge in [0.2, 0.25) is 0 Å². The van der Waals surface area contributed by atoms with E-state index in [1.165, 1.54) is 0 Å². The Labute approximate surface area is 107 Å². The SMILES string of the molecule is COc1cccc(-c2nc(C(C)(C)N)[nH]c2C)c1. The summed E-state index contributed by atoms with van der Waals surface area (Å²) < 4.78 is 5.23. The van der Waals surface area contributed by atoms with Crippen LogP contribution < -0.4 is 10.5 Å². The zero-order valence-corrected chi connectivity index (χ0v) is 11.2. The van der Waals surface area contributed by atoms with E-state index >= 15 is 0 Å². The van der Waals surface area contributed by atoms with E-state index in [1.54, 1.807) is 7.11 Å². The molecule has 0 amide bonds. The van der Waals surface area contributed by atoms with Gasteiger partial charge in [0.15, 0.2) is 0 Å². The van der Waals surface area contributed by atoms with Gasteiger partial charge in [0, 0.05) is 11.3 Å². The molecule has 3 N–H and O–H groups in total. The summed E-state index contributed by atoms with van der Waals surface area (Å²) in [5.41, 5.74) is 8.54.